The van der Waals surface area contributed by atoms with Crippen molar-refractivity contribution in [2.45, 2.75) is 25.4 Å². The smallest absolute Gasteiger partial charge is 0.339 e. The number of carbonyl (C=O) groups is 2. The van der Waals surface area contributed by atoms with Gasteiger partial charge in [0, 0.05) is 23.2 Å². The third kappa shape index (κ3) is 2.50. The van der Waals surface area contributed by atoms with E-state index in [2.05, 4.69) is 4.98 Å². The highest BCUT2D eigenvalue weighted by Crippen LogP contribution is 2.43. The van der Waals surface area contributed by atoms with E-state index in [1.54, 1.807) is 11.0 Å². The second-order valence-corrected chi connectivity index (χ2v) is 7.59. The Hall–Kier alpha value is -3.21. The molecule has 1 saturated heterocycles. The number of amides is 1. The van der Waals surface area contributed by atoms with Crippen LogP contribution in [0.2, 0.25) is 0 Å². The monoisotopic (exact) mass is 372 g/mol. The van der Waals surface area contributed by atoms with Crippen LogP contribution in [0.15, 0.2) is 54.6 Å². The highest BCUT2D eigenvalue weighted by molar-refractivity contribution is 6.05. The number of ether oxygens (including phenoxy) is 1. The van der Waals surface area contributed by atoms with Gasteiger partial charge in [-0.1, -0.05) is 36.4 Å². The average molecular weight is 372 g/mol. The number of likely N-dealkylation sites (tertiary alicyclic amines) is 1. The minimum Gasteiger partial charge on any atom is -0.449 e. The normalized spacial score (nSPS) is 21.0. The Bertz CT molecular complexity index is 1120. The number of pyridine rings is 1. The maximum atomic E-state index is 13.4. The molecule has 0 bridgehead atoms. The molecule has 2 aliphatic rings. The SMILES string of the molecule is Cc1ccc2cccc(C(=O)N3CCC[C@]4(C3)OC(=O)c3ccccc34)c2n1. The van der Waals surface area contributed by atoms with Crippen molar-refractivity contribution in [1.29, 1.82) is 0 Å². The molecule has 0 N–H and O–H groups in total. The van der Waals surface area contributed by atoms with Gasteiger partial charge in [-0.15, -0.1) is 0 Å². The maximum absolute atomic E-state index is 13.4. The van der Waals surface area contributed by atoms with E-state index in [-0.39, 0.29) is 11.9 Å². The van der Waals surface area contributed by atoms with Gasteiger partial charge in [-0.25, -0.2) is 4.79 Å². The van der Waals surface area contributed by atoms with Crippen LogP contribution >= 0.6 is 0 Å². The van der Waals surface area contributed by atoms with Gasteiger partial charge in [-0.3, -0.25) is 9.78 Å². The molecule has 0 aliphatic carbocycles. The predicted molar refractivity (Wildman–Crippen MR) is 105 cm³/mol. The number of piperidine rings is 1. The first-order chi connectivity index (χ1) is 13.6. The fraction of sp³-hybridized carbons (Fsp3) is 0.261. The van der Waals surface area contributed by atoms with Crippen molar-refractivity contribution >= 4 is 22.8 Å². The summed E-state index contributed by atoms with van der Waals surface area (Å²) in [5.74, 6) is -0.365. The molecule has 0 saturated carbocycles. The summed E-state index contributed by atoms with van der Waals surface area (Å²) in [5, 5.41) is 0.945. The standard InChI is InChI=1S/C23H20N2O3/c1-15-10-11-16-6-4-8-18(20(16)24-15)21(26)25-13-5-12-23(14-25)19-9-3-2-7-17(19)22(27)28-23/h2-4,6-11H,5,12-14H2,1H3/t23-/m1/s1. The van der Waals surface area contributed by atoms with E-state index < -0.39 is 5.60 Å². The lowest BCUT2D eigenvalue weighted by molar-refractivity contribution is -0.0442. The lowest BCUT2D eigenvalue weighted by atomic mass is 9.84. The third-order valence-corrected chi connectivity index (χ3v) is 5.76. The molecule has 1 atom stereocenters. The molecular formula is C23H20N2O3. The number of esters is 1. The van der Waals surface area contributed by atoms with Crippen molar-refractivity contribution in [3.63, 3.8) is 0 Å². The van der Waals surface area contributed by atoms with Crippen molar-refractivity contribution in [2.75, 3.05) is 13.1 Å². The molecule has 0 radical (unpaired) electrons. The van der Waals surface area contributed by atoms with Gasteiger partial charge in [0.25, 0.3) is 5.91 Å². The summed E-state index contributed by atoms with van der Waals surface area (Å²) in [5.41, 5.74) is 2.95. The number of nitrogens with zero attached hydrogens (tertiary/aromatic N) is 2. The van der Waals surface area contributed by atoms with Crippen LogP contribution in [-0.4, -0.2) is 34.8 Å². The molecule has 2 aliphatic heterocycles. The van der Waals surface area contributed by atoms with Gasteiger partial charge < -0.3 is 9.64 Å². The summed E-state index contributed by atoms with van der Waals surface area (Å²) in [6.45, 7) is 2.94. The summed E-state index contributed by atoms with van der Waals surface area (Å²) in [7, 11) is 0. The summed E-state index contributed by atoms with van der Waals surface area (Å²) >= 11 is 0. The first-order valence-electron chi connectivity index (χ1n) is 9.56. The Morgan fingerprint density at radius 2 is 1.96 bits per heavy atom. The zero-order valence-electron chi connectivity index (χ0n) is 15.6. The lowest BCUT2D eigenvalue weighted by Crippen LogP contribution is -2.48. The Labute approximate surface area is 162 Å². The minimum absolute atomic E-state index is 0.0665. The maximum Gasteiger partial charge on any atom is 0.339 e. The van der Waals surface area contributed by atoms with Crippen LogP contribution in [0, 0.1) is 6.92 Å². The number of rotatable bonds is 1. The van der Waals surface area contributed by atoms with Gasteiger partial charge in [0.2, 0.25) is 0 Å². The van der Waals surface area contributed by atoms with Crippen LogP contribution < -0.4 is 0 Å². The molecule has 5 rings (SSSR count). The highest BCUT2D eigenvalue weighted by atomic mass is 16.6. The fourth-order valence-electron chi connectivity index (χ4n) is 4.43. The van der Waals surface area contributed by atoms with Gasteiger partial charge in [-0.2, -0.15) is 0 Å². The molecule has 1 aromatic heterocycles. The average Bonchev–Trinajstić information content (AvgIpc) is 2.98. The molecule has 1 fully saturated rings. The minimum atomic E-state index is -0.741. The summed E-state index contributed by atoms with van der Waals surface area (Å²) in [4.78, 5) is 32.2. The highest BCUT2D eigenvalue weighted by Gasteiger charge is 2.48. The summed E-state index contributed by atoms with van der Waals surface area (Å²) < 4.78 is 5.83. The predicted octanol–water partition coefficient (Wildman–Crippen LogP) is 3.85. The quantitative estimate of drug-likeness (QED) is 0.609. The largest absolute Gasteiger partial charge is 0.449 e. The van der Waals surface area contributed by atoms with E-state index >= 15 is 0 Å². The molecule has 140 valence electrons. The molecular weight excluding hydrogens is 352 g/mol. The van der Waals surface area contributed by atoms with Crippen LogP contribution in [0.25, 0.3) is 10.9 Å². The molecule has 3 aromatic rings. The van der Waals surface area contributed by atoms with Gasteiger partial charge in [0.05, 0.1) is 23.2 Å². The van der Waals surface area contributed by atoms with Gasteiger partial charge in [0.1, 0.15) is 0 Å². The van der Waals surface area contributed by atoms with E-state index in [1.807, 2.05) is 55.5 Å². The molecule has 28 heavy (non-hydrogen) atoms. The molecule has 3 heterocycles. The van der Waals surface area contributed by atoms with Crippen LogP contribution in [0.1, 0.15) is 44.8 Å². The van der Waals surface area contributed by atoms with Crippen molar-refractivity contribution in [2.24, 2.45) is 0 Å². The lowest BCUT2D eigenvalue weighted by Gasteiger charge is -2.39. The Balaban J connectivity index is 1.53. The van der Waals surface area contributed by atoms with Crippen molar-refractivity contribution in [3.8, 4) is 0 Å². The number of aryl methyl sites for hydroxylation is 1. The van der Waals surface area contributed by atoms with Gasteiger partial charge >= 0.3 is 5.97 Å². The van der Waals surface area contributed by atoms with Crippen molar-refractivity contribution in [3.05, 3.63) is 77.0 Å². The van der Waals surface area contributed by atoms with E-state index in [0.29, 0.717) is 24.2 Å². The topological polar surface area (TPSA) is 59.5 Å². The van der Waals surface area contributed by atoms with Crippen molar-refractivity contribution in [1.82, 2.24) is 9.88 Å². The second-order valence-electron chi connectivity index (χ2n) is 7.59. The molecule has 1 spiro atoms. The molecule has 0 unspecified atom stereocenters. The Kier molecular flexibility index (Phi) is 3.72. The molecule has 2 aromatic carbocycles. The third-order valence-electron chi connectivity index (χ3n) is 5.76. The van der Waals surface area contributed by atoms with Crippen LogP contribution in [-0.2, 0) is 10.3 Å². The first-order valence-corrected chi connectivity index (χ1v) is 9.56. The number of hydrogen-bond donors (Lipinski definition) is 0. The molecule has 1 amide bonds. The first kappa shape index (κ1) is 16.9. The number of aromatic nitrogens is 1. The van der Waals surface area contributed by atoms with Crippen LogP contribution in [0.4, 0.5) is 0 Å². The summed E-state index contributed by atoms with van der Waals surface area (Å²) in [6.07, 6.45) is 1.51. The fourth-order valence-corrected chi connectivity index (χ4v) is 4.43. The second kappa shape index (κ2) is 6.16. The number of carbonyl (C=O) groups excluding carboxylic acids is 2. The zero-order chi connectivity index (χ0) is 19.3. The number of hydrogen-bond acceptors (Lipinski definition) is 4. The molecule has 5 heteroatoms. The Morgan fingerprint density at radius 1 is 1.11 bits per heavy atom. The van der Waals surface area contributed by atoms with E-state index in [9.17, 15) is 9.59 Å². The van der Waals surface area contributed by atoms with E-state index in [4.69, 9.17) is 4.74 Å². The van der Waals surface area contributed by atoms with Crippen molar-refractivity contribution < 1.29 is 14.3 Å². The van der Waals surface area contributed by atoms with E-state index in [0.717, 1.165) is 35.0 Å². The molecule has 5 nitrogen and oxygen atoms in total. The van der Waals surface area contributed by atoms with E-state index in [1.165, 1.54) is 0 Å². The number of fused-ring (bicyclic) bond motifs is 3. The van der Waals surface area contributed by atoms with Gasteiger partial charge in [0.15, 0.2) is 5.60 Å². The van der Waals surface area contributed by atoms with Crippen LogP contribution in [0.3, 0.4) is 0 Å². The van der Waals surface area contributed by atoms with Gasteiger partial charge in [-0.05, 0) is 38.0 Å². The Morgan fingerprint density at radius 3 is 2.86 bits per heavy atom. The number of para-hydroxylation sites is 1. The zero-order valence-corrected chi connectivity index (χ0v) is 15.6. The summed E-state index contributed by atoms with van der Waals surface area (Å²) in [6, 6.07) is 17.1. The van der Waals surface area contributed by atoms with Crippen LogP contribution in [0.5, 0.6) is 0 Å². The number of benzene rings is 2.